The monoisotopic (exact) mass is 470 g/mol. The highest BCUT2D eigenvalue weighted by Gasteiger charge is 2.18. The van der Waals surface area contributed by atoms with Crippen molar-refractivity contribution in [3.8, 4) is 11.8 Å². The highest BCUT2D eigenvalue weighted by atomic mass is 32.1. The van der Waals surface area contributed by atoms with Gasteiger partial charge in [0.15, 0.2) is 12.6 Å². The van der Waals surface area contributed by atoms with Crippen molar-refractivity contribution < 1.29 is 9.59 Å². The van der Waals surface area contributed by atoms with Crippen molar-refractivity contribution in [2.75, 3.05) is 0 Å². The van der Waals surface area contributed by atoms with E-state index in [1.54, 1.807) is 22.7 Å². The van der Waals surface area contributed by atoms with E-state index in [4.69, 9.17) is 0 Å². The van der Waals surface area contributed by atoms with Crippen LogP contribution in [-0.4, -0.2) is 12.6 Å². The first kappa shape index (κ1) is 26.6. The van der Waals surface area contributed by atoms with Crippen molar-refractivity contribution in [3.05, 3.63) is 41.8 Å². The van der Waals surface area contributed by atoms with Gasteiger partial charge < -0.3 is 0 Å². The third-order valence-electron chi connectivity index (χ3n) is 5.92. The molecule has 0 spiro atoms. The average molecular weight is 471 g/mol. The fourth-order valence-corrected chi connectivity index (χ4v) is 6.17. The number of rotatable bonds is 14. The van der Waals surface area contributed by atoms with Gasteiger partial charge in [-0.2, -0.15) is 0 Å². The molecule has 174 valence electrons. The normalized spacial score (nSPS) is 10.8. The van der Waals surface area contributed by atoms with Crippen LogP contribution in [0.2, 0.25) is 0 Å². The topological polar surface area (TPSA) is 34.1 Å². The Balaban J connectivity index is 2.53. The SMILES string of the molecule is CCCCc1c(C#Cc2sc(C=O)c(CCCC)c2CCCC)sc(C=O)c1CCCC. The molecule has 0 aromatic carbocycles. The molecule has 0 N–H and O–H groups in total. The van der Waals surface area contributed by atoms with Gasteiger partial charge in [-0.3, -0.25) is 9.59 Å². The molecule has 2 nitrogen and oxygen atoms in total. The number of hydrogen-bond donors (Lipinski definition) is 0. The van der Waals surface area contributed by atoms with Gasteiger partial charge in [0.05, 0.1) is 19.5 Å². The van der Waals surface area contributed by atoms with E-state index in [2.05, 4.69) is 39.5 Å². The van der Waals surface area contributed by atoms with Crippen LogP contribution < -0.4 is 0 Å². The van der Waals surface area contributed by atoms with Crippen LogP contribution >= 0.6 is 22.7 Å². The van der Waals surface area contributed by atoms with Gasteiger partial charge >= 0.3 is 0 Å². The molecule has 0 unspecified atom stereocenters. The van der Waals surface area contributed by atoms with Gasteiger partial charge in [-0.15, -0.1) is 22.7 Å². The summed E-state index contributed by atoms with van der Waals surface area (Å²) in [5.74, 6) is 6.90. The van der Waals surface area contributed by atoms with Gasteiger partial charge in [0.25, 0.3) is 0 Å². The van der Waals surface area contributed by atoms with Gasteiger partial charge in [-0.05, 0) is 85.5 Å². The summed E-state index contributed by atoms with van der Waals surface area (Å²) in [6.45, 7) is 8.78. The van der Waals surface area contributed by atoms with Gasteiger partial charge in [0.1, 0.15) is 0 Å². The van der Waals surface area contributed by atoms with E-state index < -0.39 is 0 Å². The largest absolute Gasteiger partial charge is 0.297 e. The first-order chi connectivity index (χ1) is 15.6. The maximum Gasteiger partial charge on any atom is 0.160 e. The molecule has 0 radical (unpaired) electrons. The van der Waals surface area contributed by atoms with Gasteiger partial charge in [-0.25, -0.2) is 0 Å². The average Bonchev–Trinajstić information content (AvgIpc) is 3.33. The van der Waals surface area contributed by atoms with E-state index >= 15 is 0 Å². The molecular formula is C28H38O2S2. The minimum Gasteiger partial charge on any atom is -0.297 e. The van der Waals surface area contributed by atoms with Crippen molar-refractivity contribution >= 4 is 35.2 Å². The fraction of sp³-hybridized carbons (Fsp3) is 0.571. The Kier molecular flexibility index (Phi) is 12.0. The lowest BCUT2D eigenvalue weighted by molar-refractivity contribution is 0.111. The van der Waals surface area contributed by atoms with E-state index in [-0.39, 0.29) is 0 Å². The lowest BCUT2D eigenvalue weighted by Crippen LogP contribution is -1.96. The Hall–Kier alpha value is -1.70. The van der Waals surface area contributed by atoms with Crippen LogP contribution in [0.25, 0.3) is 0 Å². The van der Waals surface area contributed by atoms with E-state index in [9.17, 15) is 9.59 Å². The molecular weight excluding hydrogens is 432 g/mol. The second-order valence-electron chi connectivity index (χ2n) is 8.41. The molecule has 0 aliphatic heterocycles. The summed E-state index contributed by atoms with van der Waals surface area (Å²) >= 11 is 3.11. The van der Waals surface area contributed by atoms with E-state index in [0.717, 1.165) is 109 Å². The first-order valence-corrected chi connectivity index (χ1v) is 14.0. The van der Waals surface area contributed by atoms with Crippen molar-refractivity contribution in [2.45, 2.75) is 105 Å². The Morgan fingerprint density at radius 1 is 0.562 bits per heavy atom. The van der Waals surface area contributed by atoms with Crippen molar-refractivity contribution in [1.82, 2.24) is 0 Å². The van der Waals surface area contributed by atoms with Gasteiger partial charge in [0, 0.05) is 0 Å². The second kappa shape index (κ2) is 14.4. The Morgan fingerprint density at radius 2 is 0.875 bits per heavy atom. The molecule has 0 amide bonds. The zero-order valence-corrected chi connectivity index (χ0v) is 21.9. The molecule has 0 aliphatic carbocycles. The summed E-state index contributed by atoms with van der Waals surface area (Å²) in [5, 5.41) is 0. The number of carbonyl (C=O) groups excluding carboxylic acids is 2. The summed E-state index contributed by atoms with van der Waals surface area (Å²) in [6.07, 6.45) is 14.8. The van der Waals surface area contributed by atoms with Gasteiger partial charge in [0.2, 0.25) is 0 Å². The van der Waals surface area contributed by atoms with E-state index in [1.807, 2.05) is 0 Å². The summed E-state index contributed by atoms with van der Waals surface area (Å²) in [6, 6.07) is 0. The maximum absolute atomic E-state index is 11.8. The van der Waals surface area contributed by atoms with Crippen LogP contribution in [0.15, 0.2) is 0 Å². The molecule has 4 heteroatoms. The standard InChI is InChI=1S/C28H38O2S2/c1-5-9-13-21-23(15-11-7-3)27(19-29)31-25(21)17-18-26-22(14-10-6-2)24(16-12-8-4)28(20-30)32-26/h19-20H,5-16H2,1-4H3. The van der Waals surface area contributed by atoms with Crippen LogP contribution in [0.4, 0.5) is 0 Å². The Labute approximate surface area is 202 Å². The number of thiophene rings is 2. The van der Waals surface area contributed by atoms with Crippen LogP contribution in [0, 0.1) is 11.8 Å². The molecule has 2 aromatic heterocycles. The molecule has 32 heavy (non-hydrogen) atoms. The number of carbonyl (C=O) groups is 2. The Morgan fingerprint density at radius 3 is 1.16 bits per heavy atom. The van der Waals surface area contributed by atoms with Crippen LogP contribution in [0.5, 0.6) is 0 Å². The van der Waals surface area contributed by atoms with Crippen LogP contribution in [0.3, 0.4) is 0 Å². The third kappa shape index (κ3) is 6.90. The summed E-state index contributed by atoms with van der Waals surface area (Å²) < 4.78 is 0. The molecule has 0 saturated carbocycles. The second-order valence-corrected chi connectivity index (χ2v) is 10.5. The molecule has 0 atom stereocenters. The lowest BCUT2D eigenvalue weighted by atomic mass is 9.97. The zero-order valence-electron chi connectivity index (χ0n) is 20.3. The summed E-state index contributed by atoms with van der Waals surface area (Å²) in [7, 11) is 0. The molecule has 2 heterocycles. The fourth-order valence-electron chi connectivity index (χ4n) is 4.03. The van der Waals surface area contributed by atoms with Crippen LogP contribution in [0.1, 0.15) is 130 Å². The molecule has 0 saturated heterocycles. The van der Waals surface area contributed by atoms with Gasteiger partial charge in [-0.1, -0.05) is 53.4 Å². The summed E-state index contributed by atoms with van der Waals surface area (Å²) in [5.41, 5.74) is 5.01. The molecule has 2 rings (SSSR count). The highest BCUT2D eigenvalue weighted by molar-refractivity contribution is 7.15. The zero-order chi connectivity index (χ0) is 23.3. The lowest BCUT2D eigenvalue weighted by Gasteiger charge is -2.06. The van der Waals surface area contributed by atoms with Crippen molar-refractivity contribution in [1.29, 1.82) is 0 Å². The van der Waals surface area contributed by atoms with Crippen molar-refractivity contribution in [2.24, 2.45) is 0 Å². The number of unbranched alkanes of at least 4 members (excludes halogenated alkanes) is 4. The quantitative estimate of drug-likeness (QED) is 0.206. The number of aldehydes is 2. The first-order valence-electron chi connectivity index (χ1n) is 12.4. The molecule has 2 aromatic rings. The minimum absolute atomic E-state index is 0.850. The third-order valence-corrected chi connectivity index (χ3v) is 8.15. The number of hydrogen-bond acceptors (Lipinski definition) is 4. The minimum atomic E-state index is 0.850. The van der Waals surface area contributed by atoms with E-state index in [0.29, 0.717) is 0 Å². The molecule has 0 fully saturated rings. The molecule has 0 bridgehead atoms. The molecule has 0 aliphatic rings. The predicted molar refractivity (Wildman–Crippen MR) is 140 cm³/mol. The highest BCUT2D eigenvalue weighted by Crippen LogP contribution is 2.32. The summed E-state index contributed by atoms with van der Waals surface area (Å²) in [4.78, 5) is 27.4. The van der Waals surface area contributed by atoms with Crippen molar-refractivity contribution in [3.63, 3.8) is 0 Å². The van der Waals surface area contributed by atoms with E-state index in [1.165, 1.54) is 22.3 Å². The Bertz CT molecular complexity index is 863. The predicted octanol–water partition coefficient (Wildman–Crippen LogP) is 8.20. The smallest absolute Gasteiger partial charge is 0.160 e. The van der Waals surface area contributed by atoms with Crippen LogP contribution in [-0.2, 0) is 25.7 Å². The maximum atomic E-state index is 11.8.